The van der Waals surface area contributed by atoms with E-state index in [1.165, 1.54) is 0 Å². The predicted molar refractivity (Wildman–Crippen MR) is 90.6 cm³/mol. The van der Waals surface area contributed by atoms with Crippen molar-refractivity contribution in [2.45, 2.75) is 11.5 Å². The summed E-state index contributed by atoms with van der Waals surface area (Å²) in [4.78, 5) is 3.98. The number of nitrogens with zero attached hydrogens (tertiary/aromatic N) is 1. The normalized spacial score (nSPS) is 11.7. The first kappa shape index (κ1) is 17.4. The van der Waals surface area contributed by atoms with E-state index in [1.807, 2.05) is 0 Å². The van der Waals surface area contributed by atoms with Crippen LogP contribution in [0, 0.1) is 0 Å². The topological polar surface area (TPSA) is 68.3 Å². The fourth-order valence-electron chi connectivity index (χ4n) is 2.23. The van der Waals surface area contributed by atoms with Gasteiger partial charge in [0.2, 0.25) is 0 Å². The molecule has 1 aromatic heterocycles. The molecule has 0 saturated heterocycles. The lowest BCUT2D eigenvalue weighted by Crippen LogP contribution is -2.13. The number of ether oxygens (including phenoxy) is 1. The van der Waals surface area contributed by atoms with Gasteiger partial charge in [0.1, 0.15) is 5.75 Å². The number of sulfonamides is 1. The highest BCUT2D eigenvalue weighted by atomic mass is 35.5. The van der Waals surface area contributed by atoms with E-state index in [1.54, 1.807) is 36.5 Å². The molecule has 1 N–H and O–H groups in total. The molecule has 130 valence electrons. The van der Waals surface area contributed by atoms with Crippen LogP contribution in [-0.4, -0.2) is 20.0 Å². The Kier molecular flexibility index (Phi) is 4.73. The molecule has 0 aliphatic carbocycles. The van der Waals surface area contributed by atoms with Gasteiger partial charge in [0.15, 0.2) is 0 Å². The lowest BCUT2D eigenvalue weighted by Gasteiger charge is -2.12. The number of anilines is 1. The average molecular weight is 385 g/mol. The van der Waals surface area contributed by atoms with Crippen molar-refractivity contribution in [3.63, 3.8) is 0 Å². The first-order chi connectivity index (χ1) is 11.9. The van der Waals surface area contributed by atoms with Crippen molar-refractivity contribution in [1.29, 1.82) is 0 Å². The lowest BCUT2D eigenvalue weighted by molar-refractivity contribution is -0.0498. The molecule has 3 aromatic rings. The molecular formula is C16H11ClF2N2O3S. The Bertz CT molecular complexity index is 1020. The van der Waals surface area contributed by atoms with Crippen molar-refractivity contribution < 1.29 is 21.9 Å². The maximum Gasteiger partial charge on any atom is 0.387 e. The summed E-state index contributed by atoms with van der Waals surface area (Å²) in [5, 5.41) is 0.528. The summed E-state index contributed by atoms with van der Waals surface area (Å²) in [5.41, 5.74) is 0.777. The van der Waals surface area contributed by atoms with Gasteiger partial charge in [-0.05, 0) is 30.3 Å². The number of alkyl halides is 2. The number of para-hydroxylation sites is 1. The number of hydrogen-bond donors (Lipinski definition) is 1. The highest BCUT2D eigenvalue weighted by molar-refractivity contribution is 7.92. The van der Waals surface area contributed by atoms with Gasteiger partial charge in [0.25, 0.3) is 10.0 Å². The first-order valence-corrected chi connectivity index (χ1v) is 8.84. The summed E-state index contributed by atoms with van der Waals surface area (Å²) in [6.07, 6.45) is 1.55. The van der Waals surface area contributed by atoms with Crippen molar-refractivity contribution in [1.82, 2.24) is 4.98 Å². The number of pyridine rings is 1. The number of aromatic nitrogens is 1. The fourth-order valence-corrected chi connectivity index (χ4v) is 3.61. The predicted octanol–water partition coefficient (Wildman–Crippen LogP) is 4.29. The molecule has 0 saturated carbocycles. The Morgan fingerprint density at radius 1 is 1.12 bits per heavy atom. The van der Waals surface area contributed by atoms with E-state index in [0.29, 0.717) is 11.2 Å². The zero-order valence-electron chi connectivity index (χ0n) is 12.5. The van der Waals surface area contributed by atoms with Gasteiger partial charge >= 0.3 is 6.61 Å². The Balaban J connectivity index is 1.95. The second-order valence-electron chi connectivity index (χ2n) is 4.96. The fraction of sp³-hybridized carbons (Fsp3) is 0.0625. The maximum absolute atomic E-state index is 12.5. The highest BCUT2D eigenvalue weighted by Crippen LogP contribution is 2.30. The van der Waals surface area contributed by atoms with Gasteiger partial charge in [-0.15, -0.1) is 0 Å². The van der Waals surface area contributed by atoms with Crippen molar-refractivity contribution in [2.75, 3.05) is 4.72 Å². The molecule has 0 spiro atoms. The van der Waals surface area contributed by atoms with Crippen molar-refractivity contribution in [3.05, 3.63) is 59.8 Å². The van der Waals surface area contributed by atoms with Crippen LogP contribution in [0.4, 0.5) is 14.5 Å². The zero-order chi connectivity index (χ0) is 18.0. The second kappa shape index (κ2) is 6.81. The van der Waals surface area contributed by atoms with E-state index in [0.717, 1.165) is 23.6 Å². The van der Waals surface area contributed by atoms with Gasteiger partial charge in [0, 0.05) is 11.6 Å². The Labute approximate surface area is 147 Å². The maximum atomic E-state index is 12.5. The number of rotatable bonds is 5. The van der Waals surface area contributed by atoms with Crippen LogP contribution in [0.2, 0.25) is 5.02 Å². The molecule has 0 radical (unpaired) electrons. The van der Waals surface area contributed by atoms with Crippen LogP contribution in [-0.2, 0) is 10.0 Å². The molecule has 5 nitrogen and oxygen atoms in total. The van der Waals surface area contributed by atoms with Crippen LogP contribution in [0.15, 0.2) is 59.6 Å². The molecule has 0 aliphatic rings. The Hall–Kier alpha value is -2.45. The summed E-state index contributed by atoms with van der Waals surface area (Å²) >= 11 is 5.81. The second-order valence-corrected chi connectivity index (χ2v) is 7.05. The summed E-state index contributed by atoms with van der Waals surface area (Å²) in [6.45, 7) is -3.06. The van der Waals surface area contributed by atoms with Crippen LogP contribution >= 0.6 is 11.6 Å². The minimum Gasteiger partial charge on any atom is -0.433 e. The third-order valence-electron chi connectivity index (χ3n) is 3.31. The van der Waals surface area contributed by atoms with E-state index < -0.39 is 16.6 Å². The average Bonchev–Trinajstić information content (AvgIpc) is 2.56. The third kappa shape index (κ3) is 3.80. The minimum absolute atomic E-state index is 0.188. The van der Waals surface area contributed by atoms with E-state index in [4.69, 9.17) is 11.6 Å². The number of nitrogens with one attached hydrogen (secondary N) is 1. The van der Waals surface area contributed by atoms with Crippen molar-refractivity contribution >= 4 is 38.2 Å². The van der Waals surface area contributed by atoms with Gasteiger partial charge in [-0.2, -0.15) is 8.78 Å². The third-order valence-corrected chi connectivity index (χ3v) is 4.97. The summed E-state index contributed by atoms with van der Waals surface area (Å²) in [6, 6.07) is 11.8. The highest BCUT2D eigenvalue weighted by Gasteiger charge is 2.18. The lowest BCUT2D eigenvalue weighted by atomic mass is 10.2. The monoisotopic (exact) mass is 384 g/mol. The van der Waals surface area contributed by atoms with Gasteiger partial charge in [-0.25, -0.2) is 8.42 Å². The van der Waals surface area contributed by atoms with Crippen LogP contribution in [0.1, 0.15) is 0 Å². The number of halogens is 3. The molecule has 1 heterocycles. The quantitative estimate of drug-likeness (QED) is 0.712. The number of benzene rings is 2. The van der Waals surface area contributed by atoms with Crippen LogP contribution in [0.3, 0.4) is 0 Å². The smallest absolute Gasteiger partial charge is 0.387 e. The molecule has 0 aliphatic heterocycles. The molecule has 0 bridgehead atoms. The van der Waals surface area contributed by atoms with Gasteiger partial charge in [0.05, 0.1) is 21.1 Å². The molecule has 0 fully saturated rings. The molecule has 25 heavy (non-hydrogen) atoms. The molecule has 0 amide bonds. The minimum atomic E-state index is -3.99. The number of fused-ring (bicyclic) bond motifs is 1. The van der Waals surface area contributed by atoms with E-state index in [9.17, 15) is 17.2 Å². The first-order valence-electron chi connectivity index (χ1n) is 6.98. The van der Waals surface area contributed by atoms with E-state index in [2.05, 4.69) is 14.4 Å². The van der Waals surface area contributed by atoms with Crippen molar-refractivity contribution in [2.24, 2.45) is 0 Å². The molecule has 2 aromatic carbocycles. The zero-order valence-corrected chi connectivity index (χ0v) is 14.1. The summed E-state index contributed by atoms with van der Waals surface area (Å²) in [7, 11) is -3.99. The van der Waals surface area contributed by atoms with Crippen LogP contribution in [0.5, 0.6) is 5.75 Å². The molecule has 3 rings (SSSR count). The molecule has 0 atom stereocenters. The van der Waals surface area contributed by atoms with Gasteiger partial charge in [-0.1, -0.05) is 29.8 Å². The van der Waals surface area contributed by atoms with Gasteiger partial charge < -0.3 is 4.74 Å². The van der Waals surface area contributed by atoms with E-state index in [-0.39, 0.29) is 15.7 Å². The summed E-state index contributed by atoms with van der Waals surface area (Å²) < 4.78 is 56.2. The van der Waals surface area contributed by atoms with Gasteiger partial charge in [-0.3, -0.25) is 9.71 Å². The SMILES string of the molecule is O=S(=O)(Nc1cccc2cccnc12)c1ccc(OC(F)F)c(Cl)c1. The largest absolute Gasteiger partial charge is 0.433 e. The number of hydrogen-bond acceptors (Lipinski definition) is 4. The Morgan fingerprint density at radius 3 is 2.60 bits per heavy atom. The van der Waals surface area contributed by atoms with Crippen LogP contribution < -0.4 is 9.46 Å². The van der Waals surface area contributed by atoms with Crippen LogP contribution in [0.25, 0.3) is 10.9 Å². The standard InChI is InChI=1S/C16H11ClF2N2O3S/c17-12-9-11(6-7-14(12)24-16(18)19)25(22,23)21-13-5-1-3-10-4-2-8-20-15(10)13/h1-9,16,21H. The molecular weight excluding hydrogens is 374 g/mol. The van der Waals surface area contributed by atoms with E-state index >= 15 is 0 Å². The molecule has 9 heteroatoms. The molecule has 0 unspecified atom stereocenters. The summed E-state index contributed by atoms with van der Waals surface area (Å²) in [5.74, 6) is -0.303. The van der Waals surface area contributed by atoms with Crippen molar-refractivity contribution in [3.8, 4) is 5.75 Å². The Morgan fingerprint density at radius 2 is 1.88 bits per heavy atom.